The number of nitrogens with one attached hydrogen (secondary N) is 1. The molecule has 0 spiro atoms. The SMILES string of the molecule is CC(C)[C@](C)(C#N)NC(=O)COC(=O)/C=C/c1ccc(C#N)cc1. The predicted molar refractivity (Wildman–Crippen MR) is 88.1 cm³/mol. The molecule has 0 saturated carbocycles. The van der Waals surface area contributed by atoms with Gasteiger partial charge in [-0.2, -0.15) is 10.5 Å². The number of ether oxygens (including phenoxy) is 1. The van der Waals surface area contributed by atoms with E-state index >= 15 is 0 Å². The molecule has 124 valence electrons. The lowest BCUT2D eigenvalue weighted by Crippen LogP contribution is -2.50. The van der Waals surface area contributed by atoms with Crippen LogP contribution >= 0.6 is 0 Å². The number of nitriles is 2. The molecular weight excluding hydrogens is 306 g/mol. The first-order chi connectivity index (χ1) is 11.3. The van der Waals surface area contributed by atoms with Crippen molar-refractivity contribution in [3.63, 3.8) is 0 Å². The van der Waals surface area contributed by atoms with Crippen molar-refractivity contribution in [2.75, 3.05) is 6.61 Å². The van der Waals surface area contributed by atoms with Crippen LogP contribution in [0.15, 0.2) is 30.3 Å². The number of carbonyl (C=O) groups is 2. The van der Waals surface area contributed by atoms with Gasteiger partial charge in [0.2, 0.25) is 0 Å². The number of amides is 1. The summed E-state index contributed by atoms with van der Waals surface area (Å²) in [6.45, 7) is 4.79. The molecule has 6 heteroatoms. The molecule has 1 atom stereocenters. The van der Waals surface area contributed by atoms with E-state index in [1.54, 1.807) is 31.2 Å². The largest absolute Gasteiger partial charge is 0.452 e. The van der Waals surface area contributed by atoms with Gasteiger partial charge in [-0.05, 0) is 36.6 Å². The van der Waals surface area contributed by atoms with Gasteiger partial charge in [0.1, 0.15) is 5.54 Å². The summed E-state index contributed by atoms with van der Waals surface area (Å²) < 4.78 is 4.84. The molecular formula is C18H19N3O3. The Kier molecular flexibility index (Phi) is 6.70. The van der Waals surface area contributed by atoms with Crippen LogP contribution in [0, 0.1) is 28.6 Å². The summed E-state index contributed by atoms with van der Waals surface area (Å²) in [5, 5.41) is 20.4. The standard InChI is InChI=1S/C18H19N3O3/c1-13(2)18(3,12-20)21-16(22)11-24-17(23)9-8-14-4-6-15(10-19)7-5-14/h4-9,13H,11H2,1-3H3,(H,21,22)/b9-8+/t18-/m0/s1. The fourth-order valence-electron chi connectivity index (χ4n) is 1.64. The highest BCUT2D eigenvalue weighted by atomic mass is 16.5. The molecule has 1 amide bonds. The lowest BCUT2D eigenvalue weighted by atomic mass is 9.90. The molecule has 1 aromatic carbocycles. The molecule has 0 heterocycles. The summed E-state index contributed by atoms with van der Waals surface area (Å²) in [4.78, 5) is 23.4. The van der Waals surface area contributed by atoms with Crippen LogP contribution in [-0.4, -0.2) is 24.0 Å². The average molecular weight is 325 g/mol. The number of esters is 1. The van der Waals surface area contributed by atoms with Gasteiger partial charge in [0.15, 0.2) is 6.61 Å². The van der Waals surface area contributed by atoms with Crippen molar-refractivity contribution in [3.8, 4) is 12.1 Å². The first-order valence-electron chi connectivity index (χ1n) is 7.38. The molecule has 1 rings (SSSR count). The Hall–Kier alpha value is -3.12. The molecule has 0 bridgehead atoms. The van der Waals surface area contributed by atoms with Crippen LogP contribution in [0.5, 0.6) is 0 Å². The van der Waals surface area contributed by atoms with Crippen LogP contribution in [0.1, 0.15) is 31.9 Å². The number of rotatable bonds is 6. The fraction of sp³-hybridized carbons (Fsp3) is 0.333. The van der Waals surface area contributed by atoms with Gasteiger partial charge in [0.25, 0.3) is 5.91 Å². The molecule has 0 aliphatic heterocycles. The number of carbonyl (C=O) groups excluding carboxylic acids is 2. The molecule has 0 saturated heterocycles. The van der Waals surface area contributed by atoms with Gasteiger partial charge >= 0.3 is 5.97 Å². The molecule has 1 N–H and O–H groups in total. The average Bonchev–Trinajstić information content (AvgIpc) is 2.58. The maximum atomic E-state index is 11.8. The highest BCUT2D eigenvalue weighted by molar-refractivity contribution is 5.89. The van der Waals surface area contributed by atoms with Crippen LogP contribution in [0.3, 0.4) is 0 Å². The fourth-order valence-corrected chi connectivity index (χ4v) is 1.64. The number of hydrogen-bond donors (Lipinski definition) is 1. The van der Waals surface area contributed by atoms with Crippen LogP contribution < -0.4 is 5.32 Å². The Morgan fingerprint density at radius 3 is 2.42 bits per heavy atom. The van der Waals surface area contributed by atoms with E-state index in [1.807, 2.05) is 26.0 Å². The zero-order chi connectivity index (χ0) is 18.2. The molecule has 0 aromatic heterocycles. The Morgan fingerprint density at radius 1 is 1.29 bits per heavy atom. The van der Waals surface area contributed by atoms with E-state index in [-0.39, 0.29) is 5.92 Å². The summed E-state index contributed by atoms with van der Waals surface area (Å²) in [5.41, 5.74) is 0.242. The van der Waals surface area contributed by atoms with Gasteiger partial charge in [-0.1, -0.05) is 26.0 Å². The Bertz CT molecular complexity index is 709. The number of nitrogens with zero attached hydrogens (tertiary/aromatic N) is 2. The van der Waals surface area contributed by atoms with E-state index in [2.05, 4.69) is 5.32 Å². The second kappa shape index (κ2) is 8.50. The van der Waals surface area contributed by atoms with Crippen molar-refractivity contribution < 1.29 is 14.3 Å². The quantitative estimate of drug-likeness (QED) is 0.638. The van der Waals surface area contributed by atoms with Crippen molar-refractivity contribution in [3.05, 3.63) is 41.5 Å². The van der Waals surface area contributed by atoms with E-state index in [0.717, 1.165) is 5.56 Å². The Balaban J connectivity index is 2.51. The maximum absolute atomic E-state index is 11.8. The smallest absolute Gasteiger partial charge is 0.331 e. The molecule has 0 aliphatic carbocycles. The van der Waals surface area contributed by atoms with Gasteiger partial charge in [-0.15, -0.1) is 0 Å². The van der Waals surface area contributed by atoms with E-state index < -0.39 is 24.0 Å². The van der Waals surface area contributed by atoms with Crippen molar-refractivity contribution in [1.29, 1.82) is 10.5 Å². The minimum Gasteiger partial charge on any atom is -0.452 e. The lowest BCUT2D eigenvalue weighted by molar-refractivity contribution is -0.144. The van der Waals surface area contributed by atoms with Crippen molar-refractivity contribution in [2.24, 2.45) is 5.92 Å². The van der Waals surface area contributed by atoms with E-state index in [9.17, 15) is 9.59 Å². The monoisotopic (exact) mass is 325 g/mol. The van der Waals surface area contributed by atoms with Crippen LogP contribution in [0.25, 0.3) is 6.08 Å². The van der Waals surface area contributed by atoms with Gasteiger partial charge in [-0.3, -0.25) is 4.79 Å². The third kappa shape index (κ3) is 5.58. The van der Waals surface area contributed by atoms with Crippen LogP contribution in [-0.2, 0) is 14.3 Å². The minimum absolute atomic E-state index is 0.0848. The normalized spacial score (nSPS) is 12.9. The third-order valence-corrected chi connectivity index (χ3v) is 3.58. The summed E-state index contributed by atoms with van der Waals surface area (Å²) in [6.07, 6.45) is 2.72. The van der Waals surface area contributed by atoms with Gasteiger partial charge in [0, 0.05) is 6.08 Å². The topological polar surface area (TPSA) is 103 Å². The lowest BCUT2D eigenvalue weighted by Gasteiger charge is -2.27. The van der Waals surface area contributed by atoms with Gasteiger partial charge in [0.05, 0.1) is 17.7 Å². The van der Waals surface area contributed by atoms with Crippen LogP contribution in [0.2, 0.25) is 0 Å². The molecule has 1 aromatic rings. The van der Waals surface area contributed by atoms with E-state index in [4.69, 9.17) is 15.3 Å². The summed E-state index contributed by atoms with van der Waals surface area (Å²) >= 11 is 0. The van der Waals surface area contributed by atoms with Crippen molar-refractivity contribution in [2.45, 2.75) is 26.3 Å². The van der Waals surface area contributed by atoms with Crippen molar-refractivity contribution in [1.82, 2.24) is 5.32 Å². The minimum atomic E-state index is -1.01. The van der Waals surface area contributed by atoms with E-state index in [1.165, 1.54) is 12.2 Å². The Labute approximate surface area is 141 Å². The molecule has 0 unspecified atom stereocenters. The van der Waals surface area contributed by atoms with Gasteiger partial charge in [-0.25, -0.2) is 4.79 Å². The Morgan fingerprint density at radius 2 is 1.92 bits per heavy atom. The molecule has 0 radical (unpaired) electrons. The summed E-state index contributed by atoms with van der Waals surface area (Å²) in [6, 6.07) is 10.7. The number of benzene rings is 1. The molecule has 24 heavy (non-hydrogen) atoms. The first-order valence-corrected chi connectivity index (χ1v) is 7.38. The summed E-state index contributed by atoms with van der Waals surface area (Å²) in [7, 11) is 0. The third-order valence-electron chi connectivity index (χ3n) is 3.58. The number of hydrogen-bond acceptors (Lipinski definition) is 5. The molecule has 0 fully saturated rings. The van der Waals surface area contributed by atoms with Crippen LogP contribution in [0.4, 0.5) is 0 Å². The van der Waals surface area contributed by atoms with Crippen molar-refractivity contribution >= 4 is 18.0 Å². The molecule has 0 aliphatic rings. The zero-order valence-electron chi connectivity index (χ0n) is 13.9. The summed E-state index contributed by atoms with van der Waals surface area (Å²) in [5.74, 6) is -1.29. The zero-order valence-corrected chi connectivity index (χ0v) is 13.9. The second-order valence-electron chi connectivity index (χ2n) is 5.69. The van der Waals surface area contributed by atoms with Gasteiger partial charge < -0.3 is 10.1 Å². The highest BCUT2D eigenvalue weighted by Crippen LogP contribution is 2.14. The maximum Gasteiger partial charge on any atom is 0.331 e. The predicted octanol–water partition coefficient (Wildman–Crippen LogP) is 2.17. The molecule has 6 nitrogen and oxygen atoms in total. The van der Waals surface area contributed by atoms with E-state index in [0.29, 0.717) is 5.56 Å². The first kappa shape index (κ1) is 18.9. The second-order valence-corrected chi connectivity index (χ2v) is 5.69. The highest BCUT2D eigenvalue weighted by Gasteiger charge is 2.30.